The second-order valence-electron chi connectivity index (χ2n) is 3.20. The predicted octanol–water partition coefficient (Wildman–Crippen LogP) is 2.27. The Kier molecular flexibility index (Phi) is 3.09. The Balaban J connectivity index is 2.10. The van der Waals surface area contributed by atoms with E-state index in [-0.39, 0.29) is 12.2 Å². The fourth-order valence-electron chi connectivity index (χ4n) is 1.26. The molecule has 84 valence electrons. The highest BCUT2D eigenvalue weighted by molar-refractivity contribution is 7.99. The molecule has 2 N–H and O–H groups in total. The molecule has 2 rings (SSSR count). The molecule has 0 amide bonds. The van der Waals surface area contributed by atoms with Crippen molar-refractivity contribution >= 4 is 28.8 Å². The van der Waals surface area contributed by atoms with Crippen molar-refractivity contribution in [1.82, 2.24) is 9.97 Å². The number of imidazole rings is 1. The van der Waals surface area contributed by atoms with Gasteiger partial charge in [-0.1, -0.05) is 11.8 Å². The maximum Gasteiger partial charge on any atom is 0.304 e. The van der Waals surface area contributed by atoms with Gasteiger partial charge in [0, 0.05) is 5.75 Å². The van der Waals surface area contributed by atoms with Crippen LogP contribution in [0.25, 0.3) is 11.0 Å². The number of fused-ring (bicyclic) bond motifs is 1. The molecule has 0 bridgehead atoms. The van der Waals surface area contributed by atoms with Gasteiger partial charge in [0.05, 0.1) is 17.5 Å². The summed E-state index contributed by atoms with van der Waals surface area (Å²) in [6, 6.07) is 4.29. The van der Waals surface area contributed by atoms with Gasteiger partial charge in [0.25, 0.3) is 0 Å². The van der Waals surface area contributed by atoms with Crippen LogP contribution in [0.1, 0.15) is 6.42 Å². The lowest BCUT2D eigenvalue weighted by atomic mass is 10.3. The molecule has 1 aromatic heterocycles. The monoisotopic (exact) mass is 240 g/mol. The van der Waals surface area contributed by atoms with E-state index in [0.717, 1.165) is 0 Å². The van der Waals surface area contributed by atoms with Crippen LogP contribution < -0.4 is 0 Å². The molecule has 0 spiro atoms. The first-order valence-corrected chi connectivity index (χ1v) is 5.63. The van der Waals surface area contributed by atoms with Gasteiger partial charge in [0.1, 0.15) is 5.82 Å². The van der Waals surface area contributed by atoms with Crippen LogP contribution in [0.15, 0.2) is 23.4 Å². The maximum absolute atomic E-state index is 12.9. The second kappa shape index (κ2) is 4.52. The number of carbonyl (C=O) groups is 1. The van der Waals surface area contributed by atoms with E-state index in [0.29, 0.717) is 21.9 Å². The molecule has 0 atom stereocenters. The normalized spacial score (nSPS) is 10.8. The highest BCUT2D eigenvalue weighted by Gasteiger charge is 2.05. The minimum Gasteiger partial charge on any atom is -0.481 e. The van der Waals surface area contributed by atoms with Crippen LogP contribution in [0.5, 0.6) is 0 Å². The van der Waals surface area contributed by atoms with Crippen LogP contribution in [0, 0.1) is 5.82 Å². The lowest BCUT2D eigenvalue weighted by molar-refractivity contribution is -0.136. The first kappa shape index (κ1) is 10.9. The Morgan fingerprint density at radius 2 is 2.38 bits per heavy atom. The van der Waals surface area contributed by atoms with Crippen LogP contribution >= 0.6 is 11.8 Å². The van der Waals surface area contributed by atoms with Crippen molar-refractivity contribution in [3.63, 3.8) is 0 Å². The van der Waals surface area contributed by atoms with Gasteiger partial charge >= 0.3 is 5.97 Å². The van der Waals surface area contributed by atoms with E-state index < -0.39 is 5.97 Å². The lowest BCUT2D eigenvalue weighted by Gasteiger charge is -1.92. The van der Waals surface area contributed by atoms with Gasteiger partial charge in [0.2, 0.25) is 0 Å². The maximum atomic E-state index is 12.9. The fraction of sp³-hybridized carbons (Fsp3) is 0.200. The lowest BCUT2D eigenvalue weighted by Crippen LogP contribution is -1.95. The predicted molar refractivity (Wildman–Crippen MR) is 59.0 cm³/mol. The summed E-state index contributed by atoms with van der Waals surface area (Å²) in [5.74, 6) is -0.717. The average molecular weight is 240 g/mol. The van der Waals surface area contributed by atoms with Crippen molar-refractivity contribution in [2.24, 2.45) is 0 Å². The number of halogens is 1. The quantitative estimate of drug-likeness (QED) is 0.804. The first-order chi connectivity index (χ1) is 7.65. The molecule has 1 heterocycles. The summed E-state index contributed by atoms with van der Waals surface area (Å²) < 4.78 is 12.9. The highest BCUT2D eigenvalue weighted by Crippen LogP contribution is 2.20. The Morgan fingerprint density at radius 3 is 3.12 bits per heavy atom. The molecule has 0 aliphatic rings. The molecule has 6 heteroatoms. The van der Waals surface area contributed by atoms with Crippen molar-refractivity contribution in [2.75, 3.05) is 5.75 Å². The van der Waals surface area contributed by atoms with Crippen molar-refractivity contribution < 1.29 is 14.3 Å². The third kappa shape index (κ3) is 2.52. The van der Waals surface area contributed by atoms with Gasteiger partial charge in [-0.05, 0) is 18.2 Å². The Hall–Kier alpha value is -1.56. The van der Waals surface area contributed by atoms with E-state index in [2.05, 4.69) is 9.97 Å². The zero-order chi connectivity index (χ0) is 11.5. The van der Waals surface area contributed by atoms with Gasteiger partial charge < -0.3 is 10.1 Å². The Morgan fingerprint density at radius 1 is 1.56 bits per heavy atom. The number of aromatic amines is 1. The zero-order valence-corrected chi connectivity index (χ0v) is 9.05. The number of aromatic nitrogens is 2. The van der Waals surface area contributed by atoms with E-state index in [1.54, 1.807) is 6.07 Å². The van der Waals surface area contributed by atoms with Crippen molar-refractivity contribution in [3.05, 3.63) is 24.0 Å². The van der Waals surface area contributed by atoms with E-state index in [1.165, 1.54) is 23.9 Å². The van der Waals surface area contributed by atoms with E-state index in [4.69, 9.17) is 5.11 Å². The van der Waals surface area contributed by atoms with Gasteiger partial charge in [-0.3, -0.25) is 4.79 Å². The Labute approximate surface area is 94.9 Å². The summed E-state index contributed by atoms with van der Waals surface area (Å²) in [5, 5.41) is 9.09. The molecular formula is C10H9FN2O2S. The minimum absolute atomic E-state index is 0.0794. The number of benzene rings is 1. The molecule has 16 heavy (non-hydrogen) atoms. The number of carboxylic acids is 1. The van der Waals surface area contributed by atoms with Gasteiger partial charge in [-0.2, -0.15) is 0 Å². The van der Waals surface area contributed by atoms with Crippen LogP contribution in [0.3, 0.4) is 0 Å². The largest absolute Gasteiger partial charge is 0.481 e. The third-order valence-electron chi connectivity index (χ3n) is 1.98. The smallest absolute Gasteiger partial charge is 0.304 e. The average Bonchev–Trinajstić information content (AvgIpc) is 2.58. The molecule has 0 aliphatic carbocycles. The van der Waals surface area contributed by atoms with Gasteiger partial charge in [-0.15, -0.1) is 0 Å². The molecule has 4 nitrogen and oxygen atoms in total. The first-order valence-electron chi connectivity index (χ1n) is 4.65. The number of thioether (sulfide) groups is 1. The number of H-pyrrole nitrogens is 1. The van der Waals surface area contributed by atoms with Crippen molar-refractivity contribution in [1.29, 1.82) is 0 Å². The number of aliphatic carboxylic acids is 1. The van der Waals surface area contributed by atoms with E-state index in [9.17, 15) is 9.18 Å². The van der Waals surface area contributed by atoms with Crippen molar-refractivity contribution in [3.8, 4) is 0 Å². The zero-order valence-electron chi connectivity index (χ0n) is 8.24. The topological polar surface area (TPSA) is 66.0 Å². The SMILES string of the molecule is O=C(O)CCSc1nc2ccc(F)cc2[nH]1. The van der Waals surface area contributed by atoms with E-state index in [1.807, 2.05) is 0 Å². The molecule has 0 saturated heterocycles. The summed E-state index contributed by atoms with van der Waals surface area (Å²) in [4.78, 5) is 17.4. The number of nitrogens with zero attached hydrogens (tertiary/aromatic N) is 1. The number of hydrogen-bond donors (Lipinski definition) is 2. The molecular weight excluding hydrogens is 231 g/mol. The molecule has 0 aliphatic heterocycles. The summed E-state index contributed by atoms with van der Waals surface area (Å²) in [6.07, 6.45) is 0.0794. The summed E-state index contributed by atoms with van der Waals surface area (Å²) in [7, 11) is 0. The van der Waals surface area contributed by atoms with Crippen molar-refractivity contribution in [2.45, 2.75) is 11.6 Å². The van der Waals surface area contributed by atoms with Gasteiger partial charge in [-0.25, -0.2) is 9.37 Å². The molecule has 2 aromatic rings. The minimum atomic E-state index is -0.838. The summed E-state index contributed by atoms with van der Waals surface area (Å²) in [6.45, 7) is 0. The van der Waals surface area contributed by atoms with Crippen LogP contribution in [0.4, 0.5) is 4.39 Å². The second-order valence-corrected chi connectivity index (χ2v) is 4.28. The molecule has 0 saturated carbocycles. The summed E-state index contributed by atoms with van der Waals surface area (Å²) >= 11 is 1.31. The fourth-order valence-corrected chi connectivity index (χ4v) is 2.08. The highest BCUT2D eigenvalue weighted by atomic mass is 32.2. The number of hydrogen-bond acceptors (Lipinski definition) is 3. The van der Waals surface area contributed by atoms with Crippen LogP contribution in [-0.2, 0) is 4.79 Å². The third-order valence-corrected chi connectivity index (χ3v) is 2.85. The van der Waals surface area contributed by atoms with Crippen LogP contribution in [0.2, 0.25) is 0 Å². The number of nitrogens with one attached hydrogen (secondary N) is 1. The van der Waals surface area contributed by atoms with E-state index >= 15 is 0 Å². The molecule has 0 unspecified atom stereocenters. The molecule has 0 radical (unpaired) electrons. The number of carboxylic acid groups (broad SMARTS) is 1. The Bertz CT molecular complexity index is 527. The standard InChI is InChI=1S/C10H9FN2O2S/c11-6-1-2-7-8(5-6)13-10(12-7)16-4-3-9(14)15/h1-2,5H,3-4H2,(H,12,13)(H,14,15). The summed E-state index contributed by atoms with van der Waals surface area (Å²) in [5.41, 5.74) is 1.30. The molecule has 1 aromatic carbocycles. The number of rotatable bonds is 4. The molecule has 0 fully saturated rings. The van der Waals surface area contributed by atoms with Crippen LogP contribution in [-0.4, -0.2) is 26.8 Å². The van der Waals surface area contributed by atoms with Gasteiger partial charge in [0.15, 0.2) is 5.16 Å².